The number of ketones is 1. The molecule has 1 heterocycles. The van der Waals surface area contributed by atoms with Gasteiger partial charge in [-0.25, -0.2) is 0 Å². The van der Waals surface area contributed by atoms with E-state index in [9.17, 15) is 4.79 Å². The van der Waals surface area contributed by atoms with Gasteiger partial charge in [-0.3, -0.25) is 9.78 Å². The summed E-state index contributed by atoms with van der Waals surface area (Å²) in [4.78, 5) is 15.7. The highest BCUT2D eigenvalue weighted by Gasteiger charge is 2.06. The zero-order valence-electron chi connectivity index (χ0n) is 9.87. The monoisotopic (exact) mass is 213 g/mol. The van der Waals surface area contributed by atoms with E-state index in [2.05, 4.69) is 18.0 Å². The lowest BCUT2D eigenvalue weighted by Crippen LogP contribution is -2.01. The van der Waals surface area contributed by atoms with Gasteiger partial charge >= 0.3 is 0 Å². The molecule has 0 saturated heterocycles. The van der Waals surface area contributed by atoms with E-state index in [0.717, 1.165) is 16.8 Å². The number of hydrogen-bond acceptors (Lipinski definition) is 2. The normalized spacial score (nSPS) is 10.7. The molecule has 1 aromatic carbocycles. The van der Waals surface area contributed by atoms with Gasteiger partial charge in [0.05, 0.1) is 5.52 Å². The molecular formula is C14H15NO. The van der Waals surface area contributed by atoms with Gasteiger partial charge in [0.15, 0.2) is 0 Å². The molecule has 1 aromatic heterocycles. The molecule has 0 radical (unpaired) electrons. The van der Waals surface area contributed by atoms with Gasteiger partial charge < -0.3 is 0 Å². The molecule has 2 nitrogen and oxygen atoms in total. The summed E-state index contributed by atoms with van der Waals surface area (Å²) in [5.74, 6) is 0.153. The summed E-state index contributed by atoms with van der Waals surface area (Å²) in [7, 11) is 0. The van der Waals surface area contributed by atoms with Crippen molar-refractivity contribution in [2.75, 3.05) is 0 Å². The summed E-state index contributed by atoms with van der Waals surface area (Å²) in [6.07, 6.45) is 0.422. The summed E-state index contributed by atoms with van der Waals surface area (Å²) in [6, 6.07) is 8.16. The first-order valence-electron chi connectivity index (χ1n) is 5.43. The Kier molecular flexibility index (Phi) is 2.73. The van der Waals surface area contributed by atoms with E-state index in [-0.39, 0.29) is 5.78 Å². The summed E-state index contributed by atoms with van der Waals surface area (Å²) in [5, 5.41) is 1.17. The lowest BCUT2D eigenvalue weighted by Gasteiger charge is -2.07. The SMILES string of the molecule is CC(=O)Cc1cc(C)c2cccc(C)c2n1. The Bertz CT molecular complexity index is 558. The molecule has 0 fully saturated rings. The average Bonchev–Trinajstić information content (AvgIpc) is 2.19. The van der Waals surface area contributed by atoms with Crippen molar-refractivity contribution < 1.29 is 4.79 Å². The lowest BCUT2D eigenvalue weighted by atomic mass is 10.0. The molecule has 0 N–H and O–H groups in total. The highest BCUT2D eigenvalue weighted by molar-refractivity contribution is 5.86. The minimum atomic E-state index is 0.153. The van der Waals surface area contributed by atoms with Crippen LogP contribution in [0.4, 0.5) is 0 Å². The van der Waals surface area contributed by atoms with Gasteiger partial charge in [0, 0.05) is 17.5 Å². The molecule has 0 aliphatic rings. The zero-order chi connectivity index (χ0) is 11.7. The standard InChI is InChI=1S/C14H15NO/c1-9-5-4-6-13-10(2)7-12(8-11(3)16)15-14(9)13/h4-7H,8H2,1-3H3. The number of carbonyl (C=O) groups excluding carboxylic acids is 1. The van der Waals surface area contributed by atoms with Crippen LogP contribution in [0, 0.1) is 13.8 Å². The second-order valence-corrected chi connectivity index (χ2v) is 4.28. The van der Waals surface area contributed by atoms with Gasteiger partial charge in [-0.15, -0.1) is 0 Å². The molecule has 0 aliphatic carbocycles. The Balaban J connectivity index is 2.65. The number of carbonyl (C=O) groups is 1. The predicted molar refractivity (Wildman–Crippen MR) is 65.6 cm³/mol. The molecule has 2 rings (SSSR count). The summed E-state index contributed by atoms with van der Waals surface area (Å²) >= 11 is 0. The fraction of sp³-hybridized carbons (Fsp3) is 0.286. The smallest absolute Gasteiger partial charge is 0.135 e. The van der Waals surface area contributed by atoms with Gasteiger partial charge in [-0.1, -0.05) is 18.2 Å². The van der Waals surface area contributed by atoms with Gasteiger partial charge in [-0.2, -0.15) is 0 Å². The van der Waals surface area contributed by atoms with E-state index in [1.54, 1.807) is 6.92 Å². The number of para-hydroxylation sites is 1. The van der Waals surface area contributed by atoms with Crippen molar-refractivity contribution in [3.8, 4) is 0 Å². The largest absolute Gasteiger partial charge is 0.300 e. The summed E-state index contributed by atoms with van der Waals surface area (Å²) in [6.45, 7) is 5.71. The minimum Gasteiger partial charge on any atom is -0.300 e. The second kappa shape index (κ2) is 4.05. The third kappa shape index (κ3) is 1.96. The third-order valence-corrected chi connectivity index (χ3v) is 2.73. The Hall–Kier alpha value is -1.70. The first-order chi connectivity index (χ1) is 7.58. The van der Waals surface area contributed by atoms with Crippen LogP contribution in [0.3, 0.4) is 0 Å². The van der Waals surface area contributed by atoms with Crippen LogP contribution >= 0.6 is 0 Å². The Labute approximate surface area is 95.3 Å². The Morgan fingerprint density at radius 1 is 1.25 bits per heavy atom. The molecule has 16 heavy (non-hydrogen) atoms. The maximum atomic E-state index is 11.1. The van der Waals surface area contributed by atoms with Gasteiger partial charge in [-0.05, 0) is 38.0 Å². The molecular weight excluding hydrogens is 198 g/mol. The van der Waals surface area contributed by atoms with Crippen molar-refractivity contribution in [3.63, 3.8) is 0 Å². The highest BCUT2D eigenvalue weighted by Crippen LogP contribution is 2.20. The second-order valence-electron chi connectivity index (χ2n) is 4.28. The van der Waals surface area contributed by atoms with Crippen molar-refractivity contribution >= 4 is 16.7 Å². The van der Waals surface area contributed by atoms with Gasteiger partial charge in [0.25, 0.3) is 0 Å². The van der Waals surface area contributed by atoms with Crippen LogP contribution in [0.1, 0.15) is 23.7 Å². The maximum Gasteiger partial charge on any atom is 0.135 e. The number of aromatic nitrogens is 1. The number of fused-ring (bicyclic) bond motifs is 1. The van der Waals surface area contributed by atoms with Gasteiger partial charge in [0.2, 0.25) is 0 Å². The predicted octanol–water partition coefficient (Wildman–Crippen LogP) is 2.98. The van der Waals surface area contributed by atoms with Crippen molar-refractivity contribution in [2.24, 2.45) is 0 Å². The fourth-order valence-corrected chi connectivity index (χ4v) is 1.97. The molecule has 0 amide bonds. The highest BCUT2D eigenvalue weighted by atomic mass is 16.1. The molecule has 0 atom stereocenters. The summed E-state index contributed by atoms with van der Waals surface area (Å²) in [5.41, 5.74) is 4.22. The van der Waals surface area contributed by atoms with E-state index < -0.39 is 0 Å². The number of nitrogens with zero attached hydrogens (tertiary/aromatic N) is 1. The van der Waals surface area contributed by atoms with Crippen LogP contribution in [-0.2, 0) is 11.2 Å². The molecule has 0 spiro atoms. The lowest BCUT2D eigenvalue weighted by molar-refractivity contribution is -0.116. The summed E-state index contributed by atoms with van der Waals surface area (Å²) < 4.78 is 0. The number of benzene rings is 1. The van der Waals surface area contributed by atoms with Crippen LogP contribution in [0.15, 0.2) is 24.3 Å². The van der Waals surface area contributed by atoms with E-state index in [4.69, 9.17) is 0 Å². The van der Waals surface area contributed by atoms with E-state index in [1.165, 1.54) is 10.9 Å². The first kappa shape index (κ1) is 10.8. The fourth-order valence-electron chi connectivity index (χ4n) is 1.97. The molecule has 2 aromatic rings. The quantitative estimate of drug-likeness (QED) is 0.767. The molecule has 2 heteroatoms. The van der Waals surface area contributed by atoms with Crippen molar-refractivity contribution in [3.05, 3.63) is 41.1 Å². The average molecular weight is 213 g/mol. The third-order valence-electron chi connectivity index (χ3n) is 2.73. The molecule has 0 aliphatic heterocycles. The van der Waals surface area contributed by atoms with Crippen LogP contribution in [0.25, 0.3) is 10.9 Å². The van der Waals surface area contributed by atoms with Crippen LogP contribution in [-0.4, -0.2) is 10.8 Å². The van der Waals surface area contributed by atoms with E-state index in [0.29, 0.717) is 6.42 Å². The number of Topliss-reactive ketones (excluding diaryl/α,β-unsaturated/α-hetero) is 1. The topological polar surface area (TPSA) is 30.0 Å². The maximum absolute atomic E-state index is 11.1. The Morgan fingerprint density at radius 2 is 2.00 bits per heavy atom. The molecule has 0 unspecified atom stereocenters. The van der Waals surface area contributed by atoms with Gasteiger partial charge in [0.1, 0.15) is 5.78 Å². The number of rotatable bonds is 2. The Morgan fingerprint density at radius 3 is 2.69 bits per heavy atom. The van der Waals surface area contributed by atoms with Crippen molar-refractivity contribution in [1.29, 1.82) is 0 Å². The van der Waals surface area contributed by atoms with Crippen LogP contribution in [0.5, 0.6) is 0 Å². The van der Waals surface area contributed by atoms with Crippen LogP contribution < -0.4 is 0 Å². The van der Waals surface area contributed by atoms with E-state index in [1.807, 2.05) is 25.1 Å². The van der Waals surface area contributed by atoms with Crippen molar-refractivity contribution in [2.45, 2.75) is 27.2 Å². The minimum absolute atomic E-state index is 0.153. The van der Waals surface area contributed by atoms with E-state index >= 15 is 0 Å². The number of pyridine rings is 1. The molecule has 0 bridgehead atoms. The van der Waals surface area contributed by atoms with Crippen LogP contribution in [0.2, 0.25) is 0 Å². The molecule has 82 valence electrons. The molecule has 0 saturated carbocycles. The number of aryl methyl sites for hydroxylation is 2. The first-order valence-corrected chi connectivity index (χ1v) is 5.43. The van der Waals surface area contributed by atoms with Crippen molar-refractivity contribution in [1.82, 2.24) is 4.98 Å². The number of hydrogen-bond donors (Lipinski definition) is 0. The zero-order valence-corrected chi connectivity index (χ0v) is 9.87.